The third kappa shape index (κ3) is 2.97. The second kappa shape index (κ2) is 7.75. The smallest absolute Gasteiger partial charge is 0.335 e. The summed E-state index contributed by atoms with van der Waals surface area (Å²) in [6.45, 7) is 0.192. The Morgan fingerprint density at radius 1 is 1.00 bits per heavy atom. The SMILES string of the molecule is O=C(OCc1ccccc1)C1=CCC(C2CCCCC2)C12C(=O)Oc1ccccc12. The van der Waals surface area contributed by atoms with Crippen LogP contribution in [-0.2, 0) is 26.3 Å². The molecule has 1 saturated carbocycles. The van der Waals surface area contributed by atoms with Gasteiger partial charge < -0.3 is 9.47 Å². The lowest BCUT2D eigenvalue weighted by atomic mass is 9.62. The van der Waals surface area contributed by atoms with Gasteiger partial charge in [-0.25, -0.2) is 4.79 Å². The molecule has 4 nitrogen and oxygen atoms in total. The van der Waals surface area contributed by atoms with Crippen LogP contribution in [0.4, 0.5) is 0 Å². The van der Waals surface area contributed by atoms with E-state index in [4.69, 9.17) is 9.47 Å². The standard InChI is InChI=1S/C26H26O4/c27-24(29-17-18-9-3-1-4-10-18)22-16-15-20(19-11-5-2-6-12-19)26(22)21-13-7-8-14-23(21)30-25(26)28/h1,3-4,7-10,13-14,16,19-20H,2,5-6,11-12,15,17H2. The molecule has 0 amide bonds. The Morgan fingerprint density at radius 3 is 2.53 bits per heavy atom. The number of allylic oxidation sites excluding steroid dienone is 1. The maximum atomic E-state index is 13.4. The molecule has 0 bridgehead atoms. The van der Waals surface area contributed by atoms with Gasteiger partial charge in [-0.1, -0.05) is 86.7 Å². The third-order valence-electron chi connectivity index (χ3n) is 7.04. The van der Waals surface area contributed by atoms with E-state index in [1.165, 1.54) is 19.3 Å². The number of ether oxygens (including phenoxy) is 2. The summed E-state index contributed by atoms with van der Waals surface area (Å²) in [5.74, 6) is 0.304. The van der Waals surface area contributed by atoms with Crippen molar-refractivity contribution in [2.45, 2.75) is 50.5 Å². The van der Waals surface area contributed by atoms with Gasteiger partial charge in [-0.2, -0.15) is 0 Å². The van der Waals surface area contributed by atoms with Crippen LogP contribution >= 0.6 is 0 Å². The topological polar surface area (TPSA) is 52.6 Å². The summed E-state index contributed by atoms with van der Waals surface area (Å²) < 4.78 is 11.4. The van der Waals surface area contributed by atoms with Crippen LogP contribution in [0.25, 0.3) is 0 Å². The van der Waals surface area contributed by atoms with Gasteiger partial charge >= 0.3 is 11.9 Å². The Bertz CT molecular complexity index is 987. The molecule has 5 rings (SSSR count). The van der Waals surface area contributed by atoms with Crippen molar-refractivity contribution in [3.05, 3.63) is 77.4 Å². The van der Waals surface area contributed by atoms with Crippen molar-refractivity contribution in [2.24, 2.45) is 11.8 Å². The second-order valence-corrected chi connectivity index (χ2v) is 8.61. The number of para-hydroxylation sites is 1. The van der Waals surface area contributed by atoms with Crippen LogP contribution < -0.4 is 4.74 Å². The molecule has 2 atom stereocenters. The molecule has 1 heterocycles. The average Bonchev–Trinajstić information content (AvgIpc) is 3.33. The Hall–Kier alpha value is -2.88. The average molecular weight is 402 g/mol. The van der Waals surface area contributed by atoms with Gasteiger partial charge in [-0.3, -0.25) is 4.79 Å². The highest BCUT2D eigenvalue weighted by Crippen LogP contribution is 2.58. The molecule has 2 aliphatic carbocycles. The normalized spacial score (nSPS) is 25.7. The van der Waals surface area contributed by atoms with Crippen molar-refractivity contribution < 1.29 is 19.1 Å². The fourth-order valence-corrected chi connectivity index (χ4v) is 5.69. The number of carbonyl (C=O) groups is 2. The monoisotopic (exact) mass is 402 g/mol. The van der Waals surface area contributed by atoms with Gasteiger partial charge in [0.2, 0.25) is 0 Å². The molecule has 1 fully saturated rings. The Labute approximate surface area is 176 Å². The second-order valence-electron chi connectivity index (χ2n) is 8.61. The first-order valence-electron chi connectivity index (χ1n) is 10.9. The molecule has 30 heavy (non-hydrogen) atoms. The first kappa shape index (κ1) is 19.1. The lowest BCUT2D eigenvalue weighted by molar-refractivity contribution is -0.146. The van der Waals surface area contributed by atoms with E-state index < -0.39 is 11.4 Å². The maximum Gasteiger partial charge on any atom is 0.335 e. The highest BCUT2D eigenvalue weighted by Gasteiger charge is 2.62. The summed E-state index contributed by atoms with van der Waals surface area (Å²) in [5, 5.41) is 0. The van der Waals surface area contributed by atoms with E-state index in [0.29, 0.717) is 23.7 Å². The molecule has 4 heteroatoms. The lowest BCUT2D eigenvalue weighted by Gasteiger charge is -2.37. The molecule has 2 aromatic carbocycles. The number of esters is 2. The van der Waals surface area contributed by atoms with Gasteiger partial charge in [-0.15, -0.1) is 0 Å². The lowest BCUT2D eigenvalue weighted by Crippen LogP contribution is -2.45. The summed E-state index contributed by atoms with van der Waals surface area (Å²) in [5.41, 5.74) is 1.18. The van der Waals surface area contributed by atoms with Crippen molar-refractivity contribution in [3.63, 3.8) is 0 Å². The number of fused-ring (bicyclic) bond motifs is 2. The van der Waals surface area contributed by atoms with Crippen LogP contribution in [0.1, 0.15) is 49.7 Å². The van der Waals surface area contributed by atoms with Crippen molar-refractivity contribution in [3.8, 4) is 5.75 Å². The van der Waals surface area contributed by atoms with Crippen LogP contribution in [0.3, 0.4) is 0 Å². The molecule has 0 aromatic heterocycles. The summed E-state index contributed by atoms with van der Waals surface area (Å²) >= 11 is 0. The van der Waals surface area contributed by atoms with Crippen molar-refractivity contribution in [2.75, 3.05) is 0 Å². The van der Waals surface area contributed by atoms with Gasteiger partial charge in [0.05, 0.1) is 5.57 Å². The molecule has 1 spiro atoms. The Morgan fingerprint density at radius 2 is 1.73 bits per heavy atom. The molecule has 1 aliphatic heterocycles. The van der Waals surface area contributed by atoms with Crippen LogP contribution in [0, 0.1) is 11.8 Å². The van der Waals surface area contributed by atoms with E-state index in [1.54, 1.807) is 0 Å². The zero-order valence-corrected chi connectivity index (χ0v) is 17.0. The van der Waals surface area contributed by atoms with E-state index in [2.05, 4.69) is 0 Å². The largest absolute Gasteiger partial charge is 0.457 e. The summed E-state index contributed by atoms with van der Waals surface area (Å²) in [6.07, 6.45) is 8.46. The first-order valence-corrected chi connectivity index (χ1v) is 10.9. The quantitative estimate of drug-likeness (QED) is 0.527. The Kier molecular flexibility index (Phi) is 4.93. The number of benzene rings is 2. The zero-order chi connectivity index (χ0) is 20.6. The fraction of sp³-hybridized carbons (Fsp3) is 0.385. The molecule has 154 valence electrons. The van der Waals surface area contributed by atoms with Crippen LogP contribution in [0.2, 0.25) is 0 Å². The van der Waals surface area contributed by atoms with Crippen molar-refractivity contribution >= 4 is 11.9 Å². The van der Waals surface area contributed by atoms with E-state index >= 15 is 0 Å². The highest BCUT2D eigenvalue weighted by atomic mass is 16.5. The number of hydrogen-bond donors (Lipinski definition) is 0. The van der Waals surface area contributed by atoms with Crippen LogP contribution in [0.15, 0.2) is 66.2 Å². The third-order valence-corrected chi connectivity index (χ3v) is 7.04. The van der Waals surface area contributed by atoms with E-state index in [0.717, 1.165) is 24.0 Å². The molecular formula is C26H26O4. The predicted octanol–water partition coefficient (Wildman–Crippen LogP) is 5.11. The van der Waals surface area contributed by atoms with Crippen molar-refractivity contribution in [1.29, 1.82) is 0 Å². The minimum Gasteiger partial charge on any atom is -0.457 e. The molecule has 0 saturated heterocycles. The minimum atomic E-state index is -1.04. The van der Waals surface area contributed by atoms with E-state index in [9.17, 15) is 9.59 Å². The summed E-state index contributed by atoms with van der Waals surface area (Å²) in [6, 6.07) is 17.2. The van der Waals surface area contributed by atoms with Gasteiger partial charge in [0, 0.05) is 5.56 Å². The molecule has 2 aromatic rings. The van der Waals surface area contributed by atoms with Gasteiger partial charge in [-0.05, 0) is 29.9 Å². The number of carbonyl (C=O) groups excluding carboxylic acids is 2. The number of hydrogen-bond acceptors (Lipinski definition) is 4. The van der Waals surface area contributed by atoms with E-state index in [1.807, 2.05) is 60.7 Å². The zero-order valence-electron chi connectivity index (χ0n) is 17.0. The molecular weight excluding hydrogens is 376 g/mol. The minimum absolute atomic E-state index is 0.0493. The van der Waals surface area contributed by atoms with Gasteiger partial charge in [0.25, 0.3) is 0 Å². The Balaban J connectivity index is 1.50. The number of rotatable bonds is 4. The van der Waals surface area contributed by atoms with Gasteiger partial charge in [0.1, 0.15) is 17.8 Å². The first-order chi connectivity index (χ1) is 14.7. The predicted molar refractivity (Wildman–Crippen MR) is 113 cm³/mol. The van der Waals surface area contributed by atoms with Crippen molar-refractivity contribution in [1.82, 2.24) is 0 Å². The van der Waals surface area contributed by atoms with E-state index in [-0.39, 0.29) is 18.5 Å². The van der Waals surface area contributed by atoms with Gasteiger partial charge in [0.15, 0.2) is 0 Å². The highest BCUT2D eigenvalue weighted by molar-refractivity contribution is 6.06. The van der Waals surface area contributed by atoms with Crippen LogP contribution in [-0.4, -0.2) is 11.9 Å². The summed E-state index contributed by atoms with van der Waals surface area (Å²) in [4.78, 5) is 26.7. The molecule has 3 aliphatic rings. The van der Waals surface area contributed by atoms with Crippen LogP contribution in [0.5, 0.6) is 5.75 Å². The molecule has 0 N–H and O–H groups in total. The molecule has 2 unspecified atom stereocenters. The molecule has 0 radical (unpaired) electrons. The summed E-state index contributed by atoms with van der Waals surface area (Å²) in [7, 11) is 0. The fourth-order valence-electron chi connectivity index (χ4n) is 5.69. The maximum absolute atomic E-state index is 13.4.